The van der Waals surface area contributed by atoms with Crippen molar-refractivity contribution in [2.45, 2.75) is 6.54 Å². The van der Waals surface area contributed by atoms with Gasteiger partial charge in [-0.1, -0.05) is 23.7 Å². The second-order valence-corrected chi connectivity index (χ2v) is 4.49. The van der Waals surface area contributed by atoms with Crippen molar-refractivity contribution >= 4 is 23.4 Å². The van der Waals surface area contributed by atoms with E-state index >= 15 is 0 Å². The zero-order chi connectivity index (χ0) is 13.8. The first-order chi connectivity index (χ1) is 9.06. The van der Waals surface area contributed by atoms with Crippen molar-refractivity contribution < 1.29 is 9.90 Å². The van der Waals surface area contributed by atoms with E-state index in [2.05, 4.69) is 9.97 Å². The quantitative estimate of drug-likeness (QED) is 0.930. The van der Waals surface area contributed by atoms with Crippen LogP contribution in [0.4, 0.5) is 5.82 Å². The molecule has 0 unspecified atom stereocenters. The van der Waals surface area contributed by atoms with Gasteiger partial charge in [-0.05, 0) is 17.7 Å². The van der Waals surface area contributed by atoms with Gasteiger partial charge >= 0.3 is 5.97 Å². The molecule has 0 atom stereocenters. The molecule has 6 heteroatoms. The number of carboxylic acids is 1. The average molecular weight is 278 g/mol. The Morgan fingerprint density at radius 3 is 2.63 bits per heavy atom. The topological polar surface area (TPSA) is 66.3 Å². The molecule has 19 heavy (non-hydrogen) atoms. The third-order valence-corrected chi connectivity index (χ3v) is 2.82. The summed E-state index contributed by atoms with van der Waals surface area (Å²) < 4.78 is 0. The van der Waals surface area contributed by atoms with Gasteiger partial charge in [-0.25, -0.2) is 9.78 Å². The van der Waals surface area contributed by atoms with E-state index < -0.39 is 5.97 Å². The zero-order valence-corrected chi connectivity index (χ0v) is 11.0. The van der Waals surface area contributed by atoms with E-state index in [0.717, 1.165) is 5.56 Å². The number of aromatic nitrogens is 2. The Morgan fingerprint density at radius 1 is 1.32 bits per heavy atom. The molecule has 0 saturated carbocycles. The molecule has 0 aliphatic carbocycles. The predicted molar refractivity (Wildman–Crippen MR) is 72.6 cm³/mol. The molecular formula is C13H12ClN3O2. The van der Waals surface area contributed by atoms with E-state index in [1.165, 1.54) is 12.4 Å². The van der Waals surface area contributed by atoms with E-state index in [1.807, 2.05) is 36.2 Å². The van der Waals surface area contributed by atoms with Crippen LogP contribution < -0.4 is 4.90 Å². The van der Waals surface area contributed by atoms with Gasteiger partial charge in [0.15, 0.2) is 5.69 Å². The molecule has 0 radical (unpaired) electrons. The fourth-order valence-corrected chi connectivity index (χ4v) is 1.71. The molecule has 1 aromatic carbocycles. The van der Waals surface area contributed by atoms with Crippen LogP contribution in [-0.2, 0) is 6.54 Å². The highest BCUT2D eigenvalue weighted by atomic mass is 35.5. The van der Waals surface area contributed by atoms with Crippen LogP contribution >= 0.6 is 11.6 Å². The molecule has 0 aliphatic heterocycles. The van der Waals surface area contributed by atoms with Gasteiger partial charge in [0, 0.05) is 18.6 Å². The minimum atomic E-state index is -1.09. The number of benzene rings is 1. The van der Waals surface area contributed by atoms with Crippen LogP contribution in [-0.4, -0.2) is 28.1 Å². The smallest absolute Gasteiger partial charge is 0.356 e. The second-order valence-electron chi connectivity index (χ2n) is 4.05. The molecule has 2 rings (SSSR count). The van der Waals surface area contributed by atoms with Gasteiger partial charge in [0.2, 0.25) is 0 Å². The van der Waals surface area contributed by atoms with Crippen LogP contribution in [0, 0.1) is 0 Å². The number of hydrogen-bond donors (Lipinski definition) is 1. The van der Waals surface area contributed by atoms with Crippen LogP contribution in [0.1, 0.15) is 16.1 Å². The van der Waals surface area contributed by atoms with Crippen molar-refractivity contribution in [2.75, 3.05) is 11.9 Å². The van der Waals surface area contributed by atoms with Gasteiger partial charge in [0.25, 0.3) is 0 Å². The number of carbonyl (C=O) groups is 1. The summed E-state index contributed by atoms with van der Waals surface area (Å²) in [6.45, 7) is 0.592. The van der Waals surface area contributed by atoms with Gasteiger partial charge in [-0.2, -0.15) is 0 Å². The molecule has 0 bridgehead atoms. The maximum Gasteiger partial charge on any atom is 0.356 e. The van der Waals surface area contributed by atoms with Crippen molar-refractivity contribution in [2.24, 2.45) is 0 Å². The minimum Gasteiger partial charge on any atom is -0.476 e. The first-order valence-corrected chi connectivity index (χ1v) is 5.95. The molecule has 0 amide bonds. The third-order valence-electron chi connectivity index (χ3n) is 2.57. The van der Waals surface area contributed by atoms with Crippen molar-refractivity contribution in [3.8, 4) is 0 Å². The molecule has 5 nitrogen and oxygen atoms in total. The van der Waals surface area contributed by atoms with E-state index in [4.69, 9.17) is 16.7 Å². The number of carboxylic acid groups (broad SMARTS) is 1. The SMILES string of the molecule is CN(Cc1ccc(Cl)cc1)c1cncc(C(=O)O)n1. The predicted octanol–water partition coefficient (Wildman–Crippen LogP) is 2.46. The Bertz CT molecular complexity index is 587. The van der Waals surface area contributed by atoms with Crippen LogP contribution in [0.5, 0.6) is 0 Å². The number of anilines is 1. The zero-order valence-electron chi connectivity index (χ0n) is 10.2. The monoisotopic (exact) mass is 277 g/mol. The summed E-state index contributed by atoms with van der Waals surface area (Å²) in [5.41, 5.74) is 0.981. The van der Waals surface area contributed by atoms with Crippen LogP contribution in [0.15, 0.2) is 36.7 Å². The molecule has 1 heterocycles. The number of rotatable bonds is 4. The van der Waals surface area contributed by atoms with Crippen molar-refractivity contribution in [3.05, 3.63) is 52.9 Å². The highest BCUT2D eigenvalue weighted by Crippen LogP contribution is 2.14. The molecule has 0 spiro atoms. The van der Waals surface area contributed by atoms with Crippen molar-refractivity contribution in [3.63, 3.8) is 0 Å². The Hall–Kier alpha value is -2.14. The Labute approximate surface area is 115 Å². The van der Waals surface area contributed by atoms with Gasteiger partial charge in [0.1, 0.15) is 5.82 Å². The average Bonchev–Trinajstić information content (AvgIpc) is 2.41. The number of hydrogen-bond acceptors (Lipinski definition) is 4. The van der Waals surface area contributed by atoms with Gasteiger partial charge in [-0.15, -0.1) is 0 Å². The molecule has 1 N–H and O–H groups in total. The maximum absolute atomic E-state index is 10.8. The Morgan fingerprint density at radius 2 is 2.00 bits per heavy atom. The van der Waals surface area contributed by atoms with Gasteiger partial charge < -0.3 is 10.0 Å². The Balaban J connectivity index is 2.15. The molecule has 0 aliphatic rings. The lowest BCUT2D eigenvalue weighted by Gasteiger charge is -2.18. The van der Waals surface area contributed by atoms with E-state index in [0.29, 0.717) is 17.4 Å². The fraction of sp³-hybridized carbons (Fsp3) is 0.154. The van der Waals surface area contributed by atoms with E-state index in [-0.39, 0.29) is 5.69 Å². The first-order valence-electron chi connectivity index (χ1n) is 5.57. The minimum absolute atomic E-state index is 0.0690. The van der Waals surface area contributed by atoms with Crippen molar-refractivity contribution in [1.29, 1.82) is 0 Å². The molecule has 0 saturated heterocycles. The van der Waals surface area contributed by atoms with E-state index in [9.17, 15) is 4.79 Å². The molecular weight excluding hydrogens is 266 g/mol. The van der Waals surface area contributed by atoms with Gasteiger partial charge in [-0.3, -0.25) is 4.98 Å². The molecule has 98 valence electrons. The Kier molecular flexibility index (Phi) is 3.97. The number of nitrogens with zero attached hydrogens (tertiary/aromatic N) is 3. The summed E-state index contributed by atoms with van der Waals surface area (Å²) in [7, 11) is 1.82. The first kappa shape index (κ1) is 13.3. The number of halogens is 1. The lowest BCUT2D eigenvalue weighted by Crippen LogP contribution is -2.19. The summed E-state index contributed by atoms with van der Waals surface area (Å²) in [6, 6.07) is 7.44. The van der Waals surface area contributed by atoms with Crippen molar-refractivity contribution in [1.82, 2.24) is 9.97 Å². The van der Waals surface area contributed by atoms with Crippen LogP contribution in [0.3, 0.4) is 0 Å². The lowest BCUT2D eigenvalue weighted by molar-refractivity contribution is 0.0690. The molecule has 2 aromatic rings. The fourth-order valence-electron chi connectivity index (χ4n) is 1.59. The highest BCUT2D eigenvalue weighted by molar-refractivity contribution is 6.30. The third kappa shape index (κ3) is 3.42. The summed E-state index contributed by atoms with van der Waals surface area (Å²) in [4.78, 5) is 20.6. The maximum atomic E-state index is 10.8. The largest absolute Gasteiger partial charge is 0.476 e. The molecule has 0 fully saturated rings. The lowest BCUT2D eigenvalue weighted by atomic mass is 10.2. The molecule has 1 aromatic heterocycles. The number of aromatic carboxylic acids is 1. The standard InChI is InChI=1S/C13H12ClN3O2/c1-17(8-9-2-4-10(14)5-3-9)12-7-15-6-11(16-12)13(18)19/h2-7H,8H2,1H3,(H,18,19). The van der Waals surface area contributed by atoms with Crippen LogP contribution in [0.25, 0.3) is 0 Å². The summed E-state index contributed by atoms with van der Waals surface area (Å²) in [5, 5.41) is 9.56. The highest BCUT2D eigenvalue weighted by Gasteiger charge is 2.09. The summed E-state index contributed by atoms with van der Waals surface area (Å²) in [6.07, 6.45) is 2.75. The van der Waals surface area contributed by atoms with Gasteiger partial charge in [0.05, 0.1) is 12.4 Å². The summed E-state index contributed by atoms with van der Waals surface area (Å²) in [5.74, 6) is -0.580. The van der Waals surface area contributed by atoms with Crippen LogP contribution in [0.2, 0.25) is 5.02 Å². The summed E-state index contributed by atoms with van der Waals surface area (Å²) >= 11 is 5.82. The normalized spacial score (nSPS) is 10.2. The van der Waals surface area contributed by atoms with E-state index in [1.54, 1.807) is 0 Å². The second kappa shape index (κ2) is 5.67.